The van der Waals surface area contributed by atoms with Crippen molar-refractivity contribution < 1.29 is 32.7 Å². The Kier molecular flexibility index (Phi) is 6.92. The average Bonchev–Trinajstić information content (AvgIpc) is 3.29. The predicted octanol–water partition coefficient (Wildman–Crippen LogP) is 4.55. The SMILES string of the molecule is CC1(O)CCN(C(=O)CN2C(=O)N(c3cccc(C(F)(F)F)c3)C3=C(C(=O)CCC3)C2c2ccc(C#N)cc2)C1. The number of carbonyl (C=O) groups is 3. The van der Waals surface area contributed by atoms with Gasteiger partial charge in [0.25, 0.3) is 0 Å². The number of hydrogen-bond acceptors (Lipinski definition) is 5. The molecular weight excluding hydrogens is 525 g/mol. The Hall–Kier alpha value is -4.17. The van der Waals surface area contributed by atoms with Crippen LogP contribution in [0.3, 0.4) is 0 Å². The summed E-state index contributed by atoms with van der Waals surface area (Å²) in [5.74, 6) is -0.720. The second kappa shape index (κ2) is 10.1. The molecule has 0 radical (unpaired) electrons. The first-order chi connectivity index (χ1) is 18.9. The Balaban J connectivity index is 1.65. The van der Waals surface area contributed by atoms with Gasteiger partial charge in [0.1, 0.15) is 6.54 Å². The molecule has 5 rings (SSSR count). The molecule has 208 valence electrons. The first-order valence-corrected chi connectivity index (χ1v) is 12.9. The zero-order chi connectivity index (χ0) is 28.8. The van der Waals surface area contributed by atoms with Crippen molar-refractivity contribution in [1.29, 1.82) is 5.26 Å². The van der Waals surface area contributed by atoms with E-state index >= 15 is 0 Å². The van der Waals surface area contributed by atoms with E-state index in [2.05, 4.69) is 0 Å². The van der Waals surface area contributed by atoms with E-state index in [9.17, 15) is 37.9 Å². The van der Waals surface area contributed by atoms with E-state index in [1.54, 1.807) is 31.2 Å². The van der Waals surface area contributed by atoms with Gasteiger partial charge in [0.2, 0.25) is 5.91 Å². The first-order valence-electron chi connectivity index (χ1n) is 12.9. The van der Waals surface area contributed by atoms with Gasteiger partial charge in [0.15, 0.2) is 5.78 Å². The minimum Gasteiger partial charge on any atom is -0.388 e. The maximum atomic E-state index is 14.2. The third-order valence-electron chi connectivity index (χ3n) is 7.62. The molecule has 1 fully saturated rings. The molecule has 2 heterocycles. The Morgan fingerprint density at radius 1 is 1.15 bits per heavy atom. The van der Waals surface area contributed by atoms with Crippen LogP contribution in [0.25, 0.3) is 0 Å². The number of β-amino-alcohol motifs (C(OH)–C–C–N with tert-alkyl or cyclic N) is 1. The minimum absolute atomic E-state index is 0.0538. The van der Waals surface area contributed by atoms with Gasteiger partial charge in [-0.15, -0.1) is 0 Å². The summed E-state index contributed by atoms with van der Waals surface area (Å²) in [6, 6.07) is 11.0. The molecule has 8 nitrogen and oxygen atoms in total. The molecule has 2 aliphatic heterocycles. The highest BCUT2D eigenvalue weighted by molar-refractivity contribution is 6.07. The summed E-state index contributed by atoms with van der Waals surface area (Å²) in [6.07, 6.45) is -3.40. The van der Waals surface area contributed by atoms with E-state index in [0.717, 1.165) is 17.0 Å². The molecule has 11 heteroatoms. The highest BCUT2D eigenvalue weighted by Gasteiger charge is 2.46. The molecule has 2 atom stereocenters. The number of anilines is 1. The molecule has 3 amide bonds. The highest BCUT2D eigenvalue weighted by Crippen LogP contribution is 2.45. The number of carbonyl (C=O) groups excluding carboxylic acids is 3. The van der Waals surface area contributed by atoms with E-state index in [4.69, 9.17) is 0 Å². The molecular formula is C29H27F3N4O4. The van der Waals surface area contributed by atoms with Crippen molar-refractivity contribution in [3.05, 3.63) is 76.5 Å². The third kappa shape index (κ3) is 5.07. The molecule has 0 saturated carbocycles. The summed E-state index contributed by atoms with van der Waals surface area (Å²) in [5.41, 5.74) is -0.660. The van der Waals surface area contributed by atoms with Gasteiger partial charge < -0.3 is 14.9 Å². The lowest BCUT2D eigenvalue weighted by Gasteiger charge is -2.45. The maximum Gasteiger partial charge on any atom is 0.416 e. The zero-order valence-corrected chi connectivity index (χ0v) is 21.7. The number of alkyl halides is 3. The van der Waals surface area contributed by atoms with Gasteiger partial charge in [-0.05, 0) is 62.1 Å². The number of rotatable bonds is 4. The normalized spacial score (nSPS) is 23.4. The summed E-state index contributed by atoms with van der Waals surface area (Å²) in [7, 11) is 0. The molecule has 1 saturated heterocycles. The molecule has 3 aliphatic rings. The third-order valence-corrected chi connectivity index (χ3v) is 7.62. The zero-order valence-electron chi connectivity index (χ0n) is 21.7. The fraction of sp³-hybridized carbons (Fsp3) is 0.379. The van der Waals surface area contributed by atoms with E-state index < -0.39 is 41.9 Å². The van der Waals surface area contributed by atoms with Crippen LogP contribution in [0.1, 0.15) is 55.3 Å². The summed E-state index contributed by atoms with van der Waals surface area (Å²) in [4.78, 5) is 44.8. The standard InChI is InChI=1S/C29H27F3N4O4/c1-28(40)12-13-34(17-28)24(38)16-35-26(19-10-8-18(15-33)9-11-19)25-22(6-3-7-23(25)37)36(27(35)39)21-5-2-4-20(14-21)29(30,31)32/h2,4-5,8-11,14,26,40H,3,6-7,12-13,16-17H2,1H3. The van der Waals surface area contributed by atoms with Crippen molar-refractivity contribution in [2.75, 3.05) is 24.5 Å². The number of benzene rings is 2. The molecule has 2 aromatic rings. The number of nitrogens with zero attached hydrogens (tertiary/aromatic N) is 4. The monoisotopic (exact) mass is 552 g/mol. The second-order valence-electron chi connectivity index (χ2n) is 10.6. The molecule has 0 spiro atoms. The van der Waals surface area contributed by atoms with Crippen molar-refractivity contribution >= 4 is 23.4 Å². The van der Waals surface area contributed by atoms with Crippen LogP contribution in [0.2, 0.25) is 0 Å². The number of Topliss-reactive ketones (excluding diaryl/α,β-unsaturated/α-hetero) is 1. The van der Waals surface area contributed by atoms with Gasteiger partial charge in [-0.3, -0.25) is 14.5 Å². The van der Waals surface area contributed by atoms with Crippen LogP contribution in [0, 0.1) is 11.3 Å². The lowest BCUT2D eigenvalue weighted by atomic mass is 9.83. The molecule has 40 heavy (non-hydrogen) atoms. The summed E-state index contributed by atoms with van der Waals surface area (Å²) >= 11 is 0. The van der Waals surface area contributed by atoms with Crippen molar-refractivity contribution in [3.8, 4) is 6.07 Å². The molecule has 1 N–H and O–H groups in total. The molecule has 0 aromatic heterocycles. The average molecular weight is 553 g/mol. The smallest absolute Gasteiger partial charge is 0.388 e. The quantitative estimate of drug-likeness (QED) is 0.599. The van der Waals surface area contributed by atoms with Crippen LogP contribution in [0.5, 0.6) is 0 Å². The predicted molar refractivity (Wildman–Crippen MR) is 138 cm³/mol. The van der Waals surface area contributed by atoms with Gasteiger partial charge in [0.05, 0.1) is 34.5 Å². The fourth-order valence-electron chi connectivity index (χ4n) is 5.64. The lowest BCUT2D eigenvalue weighted by molar-refractivity contribution is -0.137. The van der Waals surface area contributed by atoms with E-state index in [1.807, 2.05) is 6.07 Å². The van der Waals surface area contributed by atoms with E-state index in [1.165, 1.54) is 21.9 Å². The van der Waals surface area contributed by atoms with Crippen LogP contribution in [-0.2, 0) is 15.8 Å². The second-order valence-corrected chi connectivity index (χ2v) is 10.6. The Morgan fingerprint density at radius 3 is 2.50 bits per heavy atom. The number of halogens is 3. The molecule has 0 bridgehead atoms. The summed E-state index contributed by atoms with van der Waals surface area (Å²) < 4.78 is 40.7. The number of ketones is 1. The van der Waals surface area contributed by atoms with Crippen LogP contribution in [-0.4, -0.2) is 57.9 Å². The summed E-state index contributed by atoms with van der Waals surface area (Å²) in [6.45, 7) is 1.50. The number of allylic oxidation sites excluding steroid dienone is 1. The number of aliphatic hydroxyl groups is 1. The van der Waals surface area contributed by atoms with Gasteiger partial charge >= 0.3 is 12.2 Å². The van der Waals surface area contributed by atoms with Gasteiger partial charge in [-0.1, -0.05) is 18.2 Å². The Labute approximate surface area is 228 Å². The number of urea groups is 1. The van der Waals surface area contributed by atoms with Crippen molar-refractivity contribution in [2.45, 2.75) is 50.4 Å². The number of hydrogen-bond donors (Lipinski definition) is 1. The van der Waals surface area contributed by atoms with Crippen LogP contribution < -0.4 is 4.90 Å². The minimum atomic E-state index is -4.65. The van der Waals surface area contributed by atoms with Crippen LogP contribution in [0.4, 0.5) is 23.7 Å². The van der Waals surface area contributed by atoms with E-state index in [0.29, 0.717) is 29.7 Å². The molecule has 2 aromatic carbocycles. The molecule has 1 aliphatic carbocycles. The van der Waals surface area contributed by atoms with E-state index in [-0.39, 0.29) is 43.0 Å². The maximum absolute atomic E-state index is 14.2. The van der Waals surface area contributed by atoms with Crippen molar-refractivity contribution in [2.24, 2.45) is 0 Å². The summed E-state index contributed by atoms with van der Waals surface area (Å²) in [5, 5.41) is 19.6. The largest absolute Gasteiger partial charge is 0.416 e. The Morgan fingerprint density at radius 2 is 1.88 bits per heavy atom. The van der Waals surface area contributed by atoms with Crippen molar-refractivity contribution in [1.82, 2.24) is 9.80 Å². The molecule has 2 unspecified atom stereocenters. The van der Waals surface area contributed by atoms with Gasteiger partial charge in [-0.25, -0.2) is 4.79 Å². The lowest BCUT2D eigenvalue weighted by Crippen LogP contribution is -2.55. The fourth-order valence-corrected chi connectivity index (χ4v) is 5.64. The first kappa shape index (κ1) is 27.4. The number of likely N-dealkylation sites (tertiary alicyclic amines) is 1. The van der Waals surface area contributed by atoms with Gasteiger partial charge in [0, 0.05) is 30.8 Å². The van der Waals surface area contributed by atoms with Crippen molar-refractivity contribution in [3.63, 3.8) is 0 Å². The Bertz CT molecular complexity index is 1440. The number of amides is 3. The highest BCUT2D eigenvalue weighted by atomic mass is 19.4. The van der Waals surface area contributed by atoms with Gasteiger partial charge in [-0.2, -0.15) is 18.4 Å². The number of nitriles is 1. The topological polar surface area (TPSA) is 105 Å². The van der Waals surface area contributed by atoms with Crippen LogP contribution in [0.15, 0.2) is 59.8 Å². The van der Waals surface area contributed by atoms with Crippen LogP contribution >= 0.6 is 0 Å².